The van der Waals surface area contributed by atoms with Crippen LogP contribution >= 0.6 is 11.8 Å². The van der Waals surface area contributed by atoms with Crippen molar-refractivity contribution in [2.75, 3.05) is 11.5 Å². The lowest BCUT2D eigenvalue weighted by Crippen LogP contribution is -2.10. The lowest BCUT2D eigenvalue weighted by molar-refractivity contribution is 0.188. The topological polar surface area (TPSA) is 20.2 Å². The van der Waals surface area contributed by atoms with Crippen LogP contribution in [0.4, 0.5) is 0 Å². The number of hydrogen-bond donors (Lipinski definition) is 1. The first-order valence-corrected chi connectivity index (χ1v) is 5.58. The molecule has 0 aromatic heterocycles. The van der Waals surface area contributed by atoms with Crippen molar-refractivity contribution < 1.29 is 5.11 Å². The molecule has 0 heterocycles. The largest absolute Gasteiger partial charge is 0.392 e. The van der Waals surface area contributed by atoms with E-state index in [9.17, 15) is 5.11 Å². The van der Waals surface area contributed by atoms with E-state index in [2.05, 4.69) is 20.8 Å². The van der Waals surface area contributed by atoms with E-state index in [-0.39, 0.29) is 6.10 Å². The molecule has 0 bridgehead atoms. The van der Waals surface area contributed by atoms with E-state index < -0.39 is 0 Å². The van der Waals surface area contributed by atoms with Gasteiger partial charge in [-0.1, -0.05) is 27.2 Å². The van der Waals surface area contributed by atoms with Gasteiger partial charge in [-0.3, -0.25) is 0 Å². The van der Waals surface area contributed by atoms with Gasteiger partial charge >= 0.3 is 0 Å². The molecule has 0 aliphatic rings. The molecule has 1 atom stereocenters. The van der Waals surface area contributed by atoms with Gasteiger partial charge in [0.1, 0.15) is 0 Å². The zero-order valence-corrected chi connectivity index (χ0v) is 8.66. The van der Waals surface area contributed by atoms with Gasteiger partial charge in [-0.25, -0.2) is 0 Å². The number of aliphatic hydroxyl groups is 1. The molecular formula is C9H20OS. The van der Waals surface area contributed by atoms with E-state index >= 15 is 0 Å². The van der Waals surface area contributed by atoms with Crippen LogP contribution in [0, 0.1) is 5.92 Å². The third-order valence-electron chi connectivity index (χ3n) is 1.38. The third kappa shape index (κ3) is 8.21. The first-order valence-electron chi connectivity index (χ1n) is 4.42. The second kappa shape index (κ2) is 6.99. The molecule has 0 spiro atoms. The van der Waals surface area contributed by atoms with Crippen molar-refractivity contribution in [2.24, 2.45) is 5.92 Å². The molecule has 0 aromatic carbocycles. The molecule has 0 rings (SSSR count). The van der Waals surface area contributed by atoms with E-state index in [1.807, 2.05) is 11.8 Å². The Morgan fingerprint density at radius 2 is 1.91 bits per heavy atom. The normalized spacial score (nSPS) is 13.9. The molecule has 0 aromatic rings. The minimum atomic E-state index is -0.0799. The summed E-state index contributed by atoms with van der Waals surface area (Å²) < 4.78 is 0. The van der Waals surface area contributed by atoms with E-state index in [1.54, 1.807) is 0 Å². The second-order valence-corrected chi connectivity index (χ2v) is 4.45. The smallest absolute Gasteiger partial charge is 0.0630 e. The fourth-order valence-corrected chi connectivity index (χ4v) is 1.90. The minimum absolute atomic E-state index is 0.0799. The van der Waals surface area contributed by atoms with Crippen LogP contribution in [0.2, 0.25) is 0 Å². The summed E-state index contributed by atoms with van der Waals surface area (Å²) in [6.45, 7) is 6.52. The minimum Gasteiger partial charge on any atom is -0.392 e. The molecule has 11 heavy (non-hydrogen) atoms. The first kappa shape index (κ1) is 11.3. The molecule has 0 saturated heterocycles. The molecular weight excluding hydrogens is 156 g/mol. The van der Waals surface area contributed by atoms with Gasteiger partial charge in [0.2, 0.25) is 0 Å². The van der Waals surface area contributed by atoms with E-state index in [4.69, 9.17) is 0 Å². The Kier molecular flexibility index (Phi) is 7.18. The zero-order valence-electron chi connectivity index (χ0n) is 7.84. The third-order valence-corrected chi connectivity index (χ3v) is 2.91. The van der Waals surface area contributed by atoms with Gasteiger partial charge in [0.05, 0.1) is 6.10 Å². The number of hydrogen-bond acceptors (Lipinski definition) is 2. The van der Waals surface area contributed by atoms with Gasteiger partial charge in [0.25, 0.3) is 0 Å². The molecule has 0 fully saturated rings. The predicted octanol–water partition coefficient (Wildman–Crippen LogP) is 2.54. The summed E-state index contributed by atoms with van der Waals surface area (Å²) in [5.41, 5.74) is 0. The van der Waals surface area contributed by atoms with Crippen LogP contribution in [0.5, 0.6) is 0 Å². The Balaban J connectivity index is 3.10. The van der Waals surface area contributed by atoms with E-state index in [0.717, 1.165) is 24.5 Å². The van der Waals surface area contributed by atoms with Crippen molar-refractivity contribution in [2.45, 2.75) is 39.7 Å². The molecule has 0 aliphatic heterocycles. The van der Waals surface area contributed by atoms with Gasteiger partial charge in [0, 0.05) is 5.75 Å². The highest BCUT2D eigenvalue weighted by molar-refractivity contribution is 7.99. The molecule has 0 amide bonds. The number of aliphatic hydroxyl groups excluding tert-OH is 1. The van der Waals surface area contributed by atoms with Crippen LogP contribution in [0.15, 0.2) is 0 Å². The lowest BCUT2D eigenvalue weighted by atomic mass is 10.2. The molecule has 2 heteroatoms. The molecule has 0 aliphatic carbocycles. The maximum Gasteiger partial charge on any atom is 0.0630 e. The van der Waals surface area contributed by atoms with Crippen molar-refractivity contribution in [3.05, 3.63) is 0 Å². The van der Waals surface area contributed by atoms with Gasteiger partial charge in [0.15, 0.2) is 0 Å². The molecule has 0 saturated carbocycles. The van der Waals surface area contributed by atoms with Gasteiger partial charge in [-0.15, -0.1) is 0 Å². The van der Waals surface area contributed by atoms with Crippen LogP contribution in [0.1, 0.15) is 33.6 Å². The Bertz CT molecular complexity index is 83.6. The Morgan fingerprint density at radius 3 is 2.36 bits per heavy atom. The number of thioether (sulfide) groups is 1. The summed E-state index contributed by atoms with van der Waals surface area (Å²) in [4.78, 5) is 0. The Labute approximate surface area is 74.6 Å². The van der Waals surface area contributed by atoms with Crippen LogP contribution < -0.4 is 0 Å². The monoisotopic (exact) mass is 176 g/mol. The van der Waals surface area contributed by atoms with E-state index in [0.29, 0.717) is 0 Å². The molecule has 0 radical (unpaired) electrons. The summed E-state index contributed by atoms with van der Waals surface area (Å²) in [6, 6.07) is 0. The van der Waals surface area contributed by atoms with Crippen LogP contribution in [0.25, 0.3) is 0 Å². The van der Waals surface area contributed by atoms with Crippen LogP contribution in [0.3, 0.4) is 0 Å². The van der Waals surface area contributed by atoms with Crippen molar-refractivity contribution in [3.8, 4) is 0 Å². The lowest BCUT2D eigenvalue weighted by Gasteiger charge is -2.09. The van der Waals surface area contributed by atoms with Gasteiger partial charge in [-0.2, -0.15) is 11.8 Å². The maximum atomic E-state index is 9.34. The highest BCUT2D eigenvalue weighted by atomic mass is 32.2. The molecule has 1 N–H and O–H groups in total. The Hall–Kier alpha value is 0.310. The molecule has 1 nitrogen and oxygen atoms in total. The fraction of sp³-hybridized carbons (Fsp3) is 1.00. The quantitative estimate of drug-likeness (QED) is 0.671. The average molecular weight is 176 g/mol. The summed E-state index contributed by atoms with van der Waals surface area (Å²) >= 11 is 1.86. The van der Waals surface area contributed by atoms with Crippen molar-refractivity contribution in [1.29, 1.82) is 0 Å². The Morgan fingerprint density at radius 1 is 1.27 bits per heavy atom. The summed E-state index contributed by atoms with van der Waals surface area (Å²) in [6.07, 6.45) is 1.96. The van der Waals surface area contributed by atoms with Crippen molar-refractivity contribution >= 4 is 11.8 Å². The van der Waals surface area contributed by atoms with Crippen molar-refractivity contribution in [3.63, 3.8) is 0 Å². The fourth-order valence-electron chi connectivity index (χ4n) is 0.856. The zero-order chi connectivity index (χ0) is 8.69. The highest BCUT2D eigenvalue weighted by Gasteiger charge is 2.02. The van der Waals surface area contributed by atoms with Crippen LogP contribution in [-0.2, 0) is 0 Å². The summed E-state index contributed by atoms with van der Waals surface area (Å²) in [5.74, 6) is 2.82. The summed E-state index contributed by atoms with van der Waals surface area (Å²) in [5, 5.41) is 9.34. The van der Waals surface area contributed by atoms with Crippen LogP contribution in [-0.4, -0.2) is 22.7 Å². The SMILES string of the molecule is CCCC(O)CSCC(C)C. The molecule has 68 valence electrons. The standard InChI is InChI=1S/C9H20OS/c1-4-5-9(10)7-11-6-8(2)3/h8-10H,4-7H2,1-3H3. The van der Waals surface area contributed by atoms with Gasteiger partial charge < -0.3 is 5.11 Å². The highest BCUT2D eigenvalue weighted by Crippen LogP contribution is 2.10. The van der Waals surface area contributed by atoms with E-state index in [1.165, 1.54) is 5.75 Å². The number of rotatable bonds is 6. The maximum absolute atomic E-state index is 9.34. The molecule has 1 unspecified atom stereocenters. The summed E-state index contributed by atoms with van der Waals surface area (Å²) in [7, 11) is 0. The second-order valence-electron chi connectivity index (χ2n) is 3.37. The average Bonchev–Trinajstić information content (AvgIpc) is 1.87. The van der Waals surface area contributed by atoms with Crippen molar-refractivity contribution in [1.82, 2.24) is 0 Å². The van der Waals surface area contributed by atoms with Gasteiger partial charge in [-0.05, 0) is 18.1 Å². The first-order chi connectivity index (χ1) is 5.16. The predicted molar refractivity (Wildman–Crippen MR) is 53.1 cm³/mol.